The van der Waals surface area contributed by atoms with Gasteiger partial charge >= 0.3 is 0 Å². The molecule has 1 unspecified atom stereocenters. The van der Waals surface area contributed by atoms with Crippen LogP contribution in [0.4, 0.5) is 0 Å². The summed E-state index contributed by atoms with van der Waals surface area (Å²) in [4.78, 5) is 10.7. The Morgan fingerprint density at radius 3 is 2.45 bits per heavy atom. The zero-order chi connectivity index (χ0) is 8.91. The molecule has 0 aromatic heterocycles. The standard InChI is InChI=1S/C9H18O2/c1-4-5-6-9(3,11)7-8(2)10/h11H,4-7H2,1-3H3. The van der Waals surface area contributed by atoms with Gasteiger partial charge in [-0.15, -0.1) is 0 Å². The highest BCUT2D eigenvalue weighted by Crippen LogP contribution is 2.17. The number of Topliss-reactive ketones (excluding diaryl/α,β-unsaturated/α-hetero) is 1. The van der Waals surface area contributed by atoms with E-state index in [-0.39, 0.29) is 12.2 Å². The summed E-state index contributed by atoms with van der Waals surface area (Å²) in [7, 11) is 0. The molecule has 0 aliphatic heterocycles. The molecule has 66 valence electrons. The van der Waals surface area contributed by atoms with Crippen LogP contribution in [0.2, 0.25) is 0 Å². The summed E-state index contributed by atoms with van der Waals surface area (Å²) >= 11 is 0. The summed E-state index contributed by atoms with van der Waals surface area (Å²) in [5.74, 6) is 0.0612. The van der Waals surface area contributed by atoms with Gasteiger partial charge in [0, 0.05) is 6.42 Å². The molecule has 0 aliphatic rings. The zero-order valence-electron chi connectivity index (χ0n) is 7.68. The second kappa shape index (κ2) is 4.50. The van der Waals surface area contributed by atoms with Crippen molar-refractivity contribution in [1.82, 2.24) is 0 Å². The normalized spacial score (nSPS) is 16.0. The fraction of sp³-hybridized carbons (Fsp3) is 0.889. The van der Waals surface area contributed by atoms with Crippen LogP contribution in [0.3, 0.4) is 0 Å². The molecule has 0 amide bonds. The van der Waals surface area contributed by atoms with Gasteiger partial charge in [0.25, 0.3) is 0 Å². The van der Waals surface area contributed by atoms with E-state index >= 15 is 0 Å². The second-order valence-corrected chi connectivity index (χ2v) is 3.48. The molecular weight excluding hydrogens is 140 g/mol. The first kappa shape index (κ1) is 10.6. The van der Waals surface area contributed by atoms with Gasteiger partial charge in [0.2, 0.25) is 0 Å². The Morgan fingerprint density at radius 2 is 2.09 bits per heavy atom. The molecule has 0 bridgehead atoms. The lowest BCUT2D eigenvalue weighted by Crippen LogP contribution is -2.26. The summed E-state index contributed by atoms with van der Waals surface area (Å²) in [5.41, 5.74) is -0.776. The number of aliphatic hydroxyl groups is 1. The highest BCUT2D eigenvalue weighted by molar-refractivity contribution is 5.76. The number of rotatable bonds is 5. The van der Waals surface area contributed by atoms with Crippen molar-refractivity contribution in [3.8, 4) is 0 Å². The third-order valence-electron chi connectivity index (χ3n) is 1.70. The van der Waals surface area contributed by atoms with Gasteiger partial charge in [-0.25, -0.2) is 0 Å². The van der Waals surface area contributed by atoms with Gasteiger partial charge in [0.15, 0.2) is 0 Å². The van der Waals surface area contributed by atoms with Crippen LogP contribution < -0.4 is 0 Å². The Morgan fingerprint density at radius 1 is 1.55 bits per heavy atom. The van der Waals surface area contributed by atoms with Crippen LogP contribution in [0.15, 0.2) is 0 Å². The van der Waals surface area contributed by atoms with E-state index in [0.717, 1.165) is 19.3 Å². The summed E-state index contributed by atoms with van der Waals surface area (Å²) in [5, 5.41) is 9.60. The van der Waals surface area contributed by atoms with E-state index in [1.54, 1.807) is 6.92 Å². The lowest BCUT2D eigenvalue weighted by Gasteiger charge is -2.20. The number of carbonyl (C=O) groups excluding carboxylic acids is 1. The molecule has 1 N–H and O–H groups in total. The van der Waals surface area contributed by atoms with Crippen molar-refractivity contribution in [2.75, 3.05) is 0 Å². The molecule has 0 aromatic rings. The molecule has 1 atom stereocenters. The van der Waals surface area contributed by atoms with Crippen LogP contribution in [0, 0.1) is 0 Å². The molecule has 0 spiro atoms. The molecule has 2 heteroatoms. The summed E-state index contributed by atoms with van der Waals surface area (Å²) in [6.07, 6.45) is 3.06. The van der Waals surface area contributed by atoms with E-state index in [4.69, 9.17) is 0 Å². The van der Waals surface area contributed by atoms with Gasteiger partial charge in [-0.3, -0.25) is 4.79 Å². The molecular formula is C9H18O2. The Kier molecular flexibility index (Phi) is 4.34. The third kappa shape index (κ3) is 6.05. The number of carbonyl (C=O) groups is 1. The van der Waals surface area contributed by atoms with Gasteiger partial charge < -0.3 is 5.11 Å². The first-order valence-corrected chi connectivity index (χ1v) is 4.20. The molecule has 0 aromatic carbocycles. The summed E-state index contributed by atoms with van der Waals surface area (Å²) in [6.45, 7) is 5.31. The first-order valence-electron chi connectivity index (χ1n) is 4.20. The Labute approximate surface area is 68.6 Å². The molecule has 0 rings (SSSR count). The van der Waals surface area contributed by atoms with Crippen LogP contribution in [0.25, 0.3) is 0 Å². The maximum absolute atomic E-state index is 10.7. The van der Waals surface area contributed by atoms with E-state index in [9.17, 15) is 9.90 Å². The molecule has 0 radical (unpaired) electrons. The van der Waals surface area contributed by atoms with Gasteiger partial charge in [0.1, 0.15) is 5.78 Å². The number of ketones is 1. The van der Waals surface area contributed by atoms with Crippen LogP contribution in [0.1, 0.15) is 46.5 Å². The van der Waals surface area contributed by atoms with Gasteiger partial charge in [-0.1, -0.05) is 19.8 Å². The fourth-order valence-electron chi connectivity index (χ4n) is 1.18. The van der Waals surface area contributed by atoms with Gasteiger partial charge in [-0.05, 0) is 20.3 Å². The van der Waals surface area contributed by atoms with Crippen molar-refractivity contribution < 1.29 is 9.90 Å². The lowest BCUT2D eigenvalue weighted by molar-refractivity contribution is -0.121. The van der Waals surface area contributed by atoms with Gasteiger partial charge in [-0.2, -0.15) is 0 Å². The molecule has 11 heavy (non-hydrogen) atoms. The average molecular weight is 158 g/mol. The minimum atomic E-state index is -0.776. The topological polar surface area (TPSA) is 37.3 Å². The SMILES string of the molecule is CCCCC(C)(O)CC(C)=O. The quantitative estimate of drug-likeness (QED) is 0.663. The van der Waals surface area contributed by atoms with Crippen molar-refractivity contribution in [3.05, 3.63) is 0 Å². The van der Waals surface area contributed by atoms with E-state index < -0.39 is 5.60 Å². The van der Waals surface area contributed by atoms with E-state index in [1.807, 2.05) is 0 Å². The van der Waals surface area contributed by atoms with Crippen molar-refractivity contribution >= 4 is 5.78 Å². The van der Waals surface area contributed by atoms with Crippen LogP contribution in [-0.4, -0.2) is 16.5 Å². The number of unbranched alkanes of at least 4 members (excludes halogenated alkanes) is 1. The number of hydrogen-bond donors (Lipinski definition) is 1. The number of hydrogen-bond acceptors (Lipinski definition) is 2. The smallest absolute Gasteiger partial charge is 0.132 e. The highest BCUT2D eigenvalue weighted by Gasteiger charge is 2.20. The lowest BCUT2D eigenvalue weighted by atomic mass is 9.94. The first-order chi connectivity index (χ1) is 4.98. The third-order valence-corrected chi connectivity index (χ3v) is 1.70. The van der Waals surface area contributed by atoms with E-state index in [0.29, 0.717) is 0 Å². The van der Waals surface area contributed by atoms with Crippen molar-refractivity contribution in [3.63, 3.8) is 0 Å². The highest BCUT2D eigenvalue weighted by atomic mass is 16.3. The molecule has 2 nitrogen and oxygen atoms in total. The monoisotopic (exact) mass is 158 g/mol. The molecule has 0 saturated carbocycles. The molecule has 0 aliphatic carbocycles. The zero-order valence-corrected chi connectivity index (χ0v) is 7.68. The summed E-state index contributed by atoms with van der Waals surface area (Å²) < 4.78 is 0. The van der Waals surface area contributed by atoms with E-state index in [2.05, 4.69) is 6.92 Å². The predicted octanol–water partition coefficient (Wildman–Crippen LogP) is 1.91. The van der Waals surface area contributed by atoms with Crippen molar-refractivity contribution in [2.24, 2.45) is 0 Å². The Bertz CT molecular complexity index is 128. The van der Waals surface area contributed by atoms with Crippen LogP contribution in [-0.2, 0) is 4.79 Å². The van der Waals surface area contributed by atoms with E-state index in [1.165, 1.54) is 6.92 Å². The Balaban J connectivity index is 3.70. The van der Waals surface area contributed by atoms with Crippen molar-refractivity contribution in [1.29, 1.82) is 0 Å². The minimum absolute atomic E-state index is 0.0612. The fourth-order valence-corrected chi connectivity index (χ4v) is 1.18. The van der Waals surface area contributed by atoms with Crippen molar-refractivity contribution in [2.45, 2.75) is 52.1 Å². The minimum Gasteiger partial charge on any atom is -0.390 e. The van der Waals surface area contributed by atoms with Gasteiger partial charge in [0.05, 0.1) is 5.60 Å². The predicted molar refractivity (Wildman–Crippen MR) is 45.4 cm³/mol. The largest absolute Gasteiger partial charge is 0.390 e. The molecule has 0 fully saturated rings. The maximum Gasteiger partial charge on any atom is 0.132 e. The Hall–Kier alpha value is -0.370. The average Bonchev–Trinajstić information content (AvgIpc) is 1.81. The molecule has 0 saturated heterocycles. The molecule has 0 heterocycles. The van der Waals surface area contributed by atoms with Crippen LogP contribution >= 0.6 is 0 Å². The maximum atomic E-state index is 10.7. The summed E-state index contributed by atoms with van der Waals surface area (Å²) in [6, 6.07) is 0. The van der Waals surface area contributed by atoms with Crippen LogP contribution in [0.5, 0.6) is 0 Å². The second-order valence-electron chi connectivity index (χ2n) is 3.48.